The summed E-state index contributed by atoms with van der Waals surface area (Å²) in [4.78, 5) is 33.0. The zero-order chi connectivity index (χ0) is 17.2. The number of aromatic amines is 2. The van der Waals surface area contributed by atoms with Crippen LogP contribution in [0, 0.1) is 0 Å². The summed E-state index contributed by atoms with van der Waals surface area (Å²) in [6, 6.07) is 9.86. The van der Waals surface area contributed by atoms with E-state index in [4.69, 9.17) is 0 Å². The molecule has 1 saturated heterocycles. The maximum absolute atomic E-state index is 12.8. The molecule has 128 valence electrons. The topological polar surface area (TPSA) is 94.7 Å². The molecule has 0 saturated carbocycles. The summed E-state index contributed by atoms with van der Waals surface area (Å²) in [7, 11) is 0. The lowest BCUT2D eigenvalue weighted by Gasteiger charge is -2.21. The number of nitrogens with zero attached hydrogens (tertiary/aromatic N) is 3. The summed E-state index contributed by atoms with van der Waals surface area (Å²) in [6.45, 7) is 0.643. The van der Waals surface area contributed by atoms with Gasteiger partial charge in [0.25, 0.3) is 5.91 Å². The Balaban J connectivity index is 1.51. The van der Waals surface area contributed by atoms with Gasteiger partial charge in [0.2, 0.25) is 0 Å². The van der Waals surface area contributed by atoms with Crippen LogP contribution >= 0.6 is 11.3 Å². The number of aromatic nitrogens is 4. The first-order chi connectivity index (χ1) is 12.2. The molecule has 0 aliphatic carbocycles. The number of benzene rings is 1. The van der Waals surface area contributed by atoms with E-state index < -0.39 is 0 Å². The fourth-order valence-corrected chi connectivity index (χ4v) is 3.95. The third-order valence-electron chi connectivity index (χ3n) is 4.32. The Kier molecular flexibility index (Phi) is 4.19. The maximum Gasteiger partial charge on any atom is 0.340 e. The number of carbonyl (C=O) groups excluding carboxylic acids is 1. The summed E-state index contributed by atoms with van der Waals surface area (Å²) in [6.07, 6.45) is 2.38. The number of amides is 1. The number of hydrogen-bond acceptors (Lipinski definition) is 5. The number of carbonyl (C=O) groups is 1. The summed E-state index contributed by atoms with van der Waals surface area (Å²) in [5.74, 6) is 0.400. The summed E-state index contributed by atoms with van der Waals surface area (Å²) >= 11 is 1.49. The van der Waals surface area contributed by atoms with Crippen molar-refractivity contribution in [2.75, 3.05) is 6.54 Å². The minimum Gasteiger partial charge on any atom is -0.327 e. The molecule has 3 heterocycles. The van der Waals surface area contributed by atoms with Crippen LogP contribution in [0.1, 0.15) is 45.8 Å². The van der Waals surface area contributed by atoms with E-state index >= 15 is 0 Å². The fraction of sp³-hybridized carbons (Fsp3) is 0.294. The van der Waals surface area contributed by atoms with Crippen molar-refractivity contribution in [1.29, 1.82) is 0 Å². The third kappa shape index (κ3) is 3.25. The highest BCUT2D eigenvalue weighted by Crippen LogP contribution is 2.31. The first-order valence-electron chi connectivity index (χ1n) is 8.14. The Morgan fingerprint density at radius 1 is 1.32 bits per heavy atom. The zero-order valence-corrected chi connectivity index (χ0v) is 14.3. The van der Waals surface area contributed by atoms with Crippen molar-refractivity contribution in [2.24, 2.45) is 0 Å². The highest BCUT2D eigenvalue weighted by molar-refractivity contribution is 7.09. The molecule has 25 heavy (non-hydrogen) atoms. The average molecular weight is 355 g/mol. The van der Waals surface area contributed by atoms with Gasteiger partial charge in [0.1, 0.15) is 5.69 Å². The van der Waals surface area contributed by atoms with Gasteiger partial charge in [-0.2, -0.15) is 5.10 Å². The monoisotopic (exact) mass is 355 g/mol. The second-order valence-electron chi connectivity index (χ2n) is 6.01. The van der Waals surface area contributed by atoms with E-state index in [0.29, 0.717) is 18.1 Å². The molecule has 0 spiro atoms. The molecular formula is C17H17N5O2S. The van der Waals surface area contributed by atoms with Crippen LogP contribution in [0.15, 0.2) is 40.5 Å². The van der Waals surface area contributed by atoms with Gasteiger partial charge in [-0.1, -0.05) is 30.3 Å². The summed E-state index contributed by atoms with van der Waals surface area (Å²) < 4.78 is 0. The molecule has 4 rings (SSSR count). The van der Waals surface area contributed by atoms with Crippen molar-refractivity contribution in [3.63, 3.8) is 0 Å². The lowest BCUT2D eigenvalue weighted by Crippen LogP contribution is -2.31. The van der Waals surface area contributed by atoms with E-state index in [0.717, 1.165) is 24.3 Å². The van der Waals surface area contributed by atoms with Crippen molar-refractivity contribution in [2.45, 2.75) is 25.3 Å². The van der Waals surface area contributed by atoms with Gasteiger partial charge in [-0.15, -0.1) is 11.3 Å². The molecule has 2 N–H and O–H groups in total. The molecule has 1 aromatic carbocycles. The van der Waals surface area contributed by atoms with Crippen molar-refractivity contribution in [3.05, 3.63) is 68.3 Å². The molecule has 1 aliphatic rings. The van der Waals surface area contributed by atoms with Gasteiger partial charge in [0, 0.05) is 18.3 Å². The van der Waals surface area contributed by atoms with Crippen molar-refractivity contribution < 1.29 is 4.79 Å². The van der Waals surface area contributed by atoms with E-state index in [9.17, 15) is 9.59 Å². The standard InChI is InChI=1S/C17H17N5O2S/c23-16(22-8-4-7-13(22)15-19-17(24)21-20-15)12-10-25-14(18-12)9-11-5-2-1-3-6-11/h1-3,5-6,10,13H,4,7-9H2,(H2,19,20,21,24). The van der Waals surface area contributed by atoms with E-state index in [1.165, 1.54) is 16.9 Å². The lowest BCUT2D eigenvalue weighted by molar-refractivity contribution is 0.0724. The van der Waals surface area contributed by atoms with Crippen LogP contribution < -0.4 is 5.69 Å². The molecule has 1 atom stereocenters. The van der Waals surface area contributed by atoms with Gasteiger partial charge in [-0.25, -0.2) is 14.9 Å². The highest BCUT2D eigenvalue weighted by atomic mass is 32.1. The molecule has 1 aliphatic heterocycles. The van der Waals surface area contributed by atoms with Gasteiger partial charge in [-0.3, -0.25) is 9.78 Å². The van der Waals surface area contributed by atoms with Crippen LogP contribution in [0.3, 0.4) is 0 Å². The van der Waals surface area contributed by atoms with Crippen molar-refractivity contribution in [3.8, 4) is 0 Å². The van der Waals surface area contributed by atoms with Crippen LogP contribution in [0.4, 0.5) is 0 Å². The number of rotatable bonds is 4. The highest BCUT2D eigenvalue weighted by Gasteiger charge is 2.33. The summed E-state index contributed by atoms with van der Waals surface area (Å²) in [5, 5.41) is 9.07. The van der Waals surface area contributed by atoms with Gasteiger partial charge < -0.3 is 4.90 Å². The molecule has 8 heteroatoms. The molecule has 2 aromatic heterocycles. The third-order valence-corrected chi connectivity index (χ3v) is 5.17. The smallest absolute Gasteiger partial charge is 0.327 e. The largest absolute Gasteiger partial charge is 0.340 e. The van der Waals surface area contributed by atoms with E-state index in [1.54, 1.807) is 4.90 Å². The Morgan fingerprint density at radius 2 is 2.16 bits per heavy atom. The van der Waals surface area contributed by atoms with Crippen molar-refractivity contribution in [1.82, 2.24) is 25.1 Å². The van der Waals surface area contributed by atoms with Gasteiger partial charge >= 0.3 is 5.69 Å². The predicted octanol–water partition coefficient (Wildman–Crippen LogP) is 2.12. The van der Waals surface area contributed by atoms with Crippen LogP contribution in [-0.2, 0) is 6.42 Å². The quantitative estimate of drug-likeness (QED) is 0.749. The van der Waals surface area contributed by atoms with Crippen LogP contribution in [0.2, 0.25) is 0 Å². The number of hydrogen-bond donors (Lipinski definition) is 2. The van der Waals surface area contributed by atoms with E-state index in [-0.39, 0.29) is 17.6 Å². The number of nitrogens with one attached hydrogen (secondary N) is 2. The fourth-order valence-electron chi connectivity index (χ4n) is 3.14. The van der Waals surface area contributed by atoms with Crippen LogP contribution in [0.5, 0.6) is 0 Å². The van der Waals surface area contributed by atoms with Gasteiger partial charge in [-0.05, 0) is 18.4 Å². The van der Waals surface area contributed by atoms with Crippen LogP contribution in [0.25, 0.3) is 0 Å². The molecule has 1 fully saturated rings. The van der Waals surface area contributed by atoms with Gasteiger partial charge in [0.15, 0.2) is 5.82 Å². The van der Waals surface area contributed by atoms with E-state index in [1.807, 2.05) is 35.7 Å². The van der Waals surface area contributed by atoms with Gasteiger partial charge in [0.05, 0.1) is 11.0 Å². The molecule has 1 unspecified atom stereocenters. The number of thiazole rings is 1. The predicted molar refractivity (Wildman–Crippen MR) is 93.6 cm³/mol. The Hall–Kier alpha value is -2.74. The Morgan fingerprint density at radius 3 is 2.92 bits per heavy atom. The molecular weight excluding hydrogens is 338 g/mol. The second-order valence-corrected chi connectivity index (χ2v) is 6.95. The molecule has 0 radical (unpaired) electrons. The lowest BCUT2D eigenvalue weighted by atomic mass is 10.2. The van der Waals surface area contributed by atoms with Crippen molar-refractivity contribution >= 4 is 17.2 Å². The minimum atomic E-state index is -0.354. The zero-order valence-electron chi connectivity index (χ0n) is 13.4. The minimum absolute atomic E-state index is 0.109. The normalized spacial score (nSPS) is 17.1. The average Bonchev–Trinajstić information content (AvgIpc) is 3.35. The first kappa shape index (κ1) is 15.8. The molecule has 0 bridgehead atoms. The summed E-state index contributed by atoms with van der Waals surface area (Å²) in [5.41, 5.74) is 1.28. The number of H-pyrrole nitrogens is 2. The second kappa shape index (κ2) is 6.64. The SMILES string of the molecule is O=C(c1csc(Cc2ccccc2)n1)N1CCCC1c1n[nH]c(=O)[nH]1. The van der Waals surface area contributed by atoms with Crippen LogP contribution in [-0.4, -0.2) is 37.5 Å². The first-order valence-corrected chi connectivity index (χ1v) is 9.02. The van der Waals surface area contributed by atoms with E-state index in [2.05, 4.69) is 20.2 Å². The maximum atomic E-state index is 12.8. The molecule has 7 nitrogen and oxygen atoms in total. The molecule has 3 aromatic rings. The Bertz CT molecular complexity index is 930. The molecule has 1 amide bonds. The number of likely N-dealkylation sites (tertiary alicyclic amines) is 1. The Labute approximate surface area is 147 Å².